The number of nitro benzene ring substituents is 1. The lowest BCUT2D eigenvalue weighted by Gasteiger charge is -2.35. The summed E-state index contributed by atoms with van der Waals surface area (Å²) < 4.78 is 2.08. The number of hydrogen-bond donors (Lipinski definition) is 0. The third kappa shape index (κ3) is 3.33. The van der Waals surface area contributed by atoms with Crippen LogP contribution >= 0.6 is 0 Å². The van der Waals surface area contributed by atoms with Crippen molar-refractivity contribution in [3.05, 3.63) is 69.5 Å². The maximum Gasteiger partial charge on any atom is 0.273 e. The van der Waals surface area contributed by atoms with E-state index in [-0.39, 0.29) is 11.6 Å². The second-order valence-electron chi connectivity index (χ2n) is 8.96. The highest BCUT2D eigenvalue weighted by Gasteiger charge is 2.32. The second-order valence-corrected chi connectivity index (χ2v) is 8.96. The van der Waals surface area contributed by atoms with Crippen molar-refractivity contribution in [2.75, 3.05) is 31.1 Å². The van der Waals surface area contributed by atoms with Crippen molar-refractivity contribution in [2.45, 2.75) is 25.7 Å². The second kappa shape index (κ2) is 7.75. The molecule has 0 N–H and O–H groups in total. The van der Waals surface area contributed by atoms with Gasteiger partial charge >= 0.3 is 0 Å². The SMILES string of the molecule is Cc1ccc(C(=O)N2CCN(c3nc4ccccc4c4nnc(C5CC5)n34)CC2)cc1[N+](=O)[O-]. The van der Waals surface area contributed by atoms with Crippen LogP contribution in [-0.2, 0) is 0 Å². The van der Waals surface area contributed by atoms with Crippen molar-refractivity contribution in [3.8, 4) is 0 Å². The topological polar surface area (TPSA) is 110 Å². The van der Waals surface area contributed by atoms with Gasteiger partial charge in [0.05, 0.1) is 10.4 Å². The molecule has 10 heteroatoms. The Kier molecular flexibility index (Phi) is 4.68. The number of carbonyl (C=O) groups excluding carboxylic acids is 1. The van der Waals surface area contributed by atoms with E-state index in [1.807, 2.05) is 24.3 Å². The number of hydrogen-bond acceptors (Lipinski definition) is 7. The molecule has 3 heterocycles. The van der Waals surface area contributed by atoms with Crippen LogP contribution in [0.25, 0.3) is 16.6 Å². The van der Waals surface area contributed by atoms with E-state index in [1.165, 1.54) is 6.07 Å². The predicted molar refractivity (Wildman–Crippen MR) is 126 cm³/mol. The van der Waals surface area contributed by atoms with Crippen LogP contribution in [0.1, 0.15) is 40.5 Å². The lowest BCUT2D eigenvalue weighted by Crippen LogP contribution is -2.49. The highest BCUT2D eigenvalue weighted by atomic mass is 16.6. The molecule has 10 nitrogen and oxygen atoms in total. The van der Waals surface area contributed by atoms with Gasteiger partial charge in [-0.1, -0.05) is 18.2 Å². The van der Waals surface area contributed by atoms with Gasteiger partial charge in [-0.2, -0.15) is 0 Å². The normalized spacial score (nSPS) is 16.4. The van der Waals surface area contributed by atoms with E-state index in [4.69, 9.17) is 4.98 Å². The van der Waals surface area contributed by atoms with Crippen molar-refractivity contribution < 1.29 is 9.72 Å². The molecule has 6 rings (SSSR count). The number of aromatic nitrogens is 4. The van der Waals surface area contributed by atoms with Crippen molar-refractivity contribution in [1.82, 2.24) is 24.5 Å². The highest BCUT2D eigenvalue weighted by molar-refractivity contribution is 5.95. The first kappa shape index (κ1) is 20.5. The number of carbonyl (C=O) groups is 1. The fraction of sp³-hybridized carbons (Fsp3) is 0.333. The molecular formula is C24H23N7O3. The van der Waals surface area contributed by atoms with E-state index in [1.54, 1.807) is 24.0 Å². The fourth-order valence-corrected chi connectivity index (χ4v) is 4.64. The summed E-state index contributed by atoms with van der Waals surface area (Å²) in [5.41, 5.74) is 2.52. The molecule has 2 aromatic carbocycles. The van der Waals surface area contributed by atoms with E-state index in [0.29, 0.717) is 43.2 Å². The largest absolute Gasteiger partial charge is 0.338 e. The van der Waals surface area contributed by atoms with Crippen LogP contribution < -0.4 is 4.90 Å². The summed E-state index contributed by atoms with van der Waals surface area (Å²) in [6.07, 6.45) is 2.22. The maximum atomic E-state index is 13.1. The Balaban J connectivity index is 1.29. The first-order valence-corrected chi connectivity index (χ1v) is 11.4. The summed E-state index contributed by atoms with van der Waals surface area (Å²) in [4.78, 5) is 32.8. The molecule has 1 aliphatic heterocycles. The molecule has 0 radical (unpaired) electrons. The molecular weight excluding hydrogens is 434 g/mol. The van der Waals surface area contributed by atoms with E-state index >= 15 is 0 Å². The lowest BCUT2D eigenvalue weighted by molar-refractivity contribution is -0.385. The van der Waals surface area contributed by atoms with E-state index in [9.17, 15) is 14.9 Å². The number of benzene rings is 2. The molecule has 0 unspecified atom stereocenters. The van der Waals surface area contributed by atoms with E-state index in [0.717, 1.165) is 41.2 Å². The van der Waals surface area contributed by atoms with Crippen LogP contribution in [0.5, 0.6) is 0 Å². The third-order valence-corrected chi connectivity index (χ3v) is 6.70. The summed E-state index contributed by atoms with van der Waals surface area (Å²) in [5.74, 6) is 1.98. The van der Waals surface area contributed by atoms with Crippen LogP contribution in [0.3, 0.4) is 0 Å². The number of anilines is 1. The average molecular weight is 457 g/mol. The molecule has 172 valence electrons. The molecule has 0 atom stereocenters. The smallest absolute Gasteiger partial charge is 0.273 e. The van der Waals surface area contributed by atoms with Gasteiger partial charge in [-0.05, 0) is 38.0 Å². The summed E-state index contributed by atoms with van der Waals surface area (Å²) in [7, 11) is 0. The maximum absolute atomic E-state index is 13.1. The molecule has 1 amide bonds. The zero-order valence-electron chi connectivity index (χ0n) is 18.7. The number of aryl methyl sites for hydroxylation is 1. The monoisotopic (exact) mass is 457 g/mol. The van der Waals surface area contributed by atoms with Crippen molar-refractivity contribution >= 4 is 34.1 Å². The van der Waals surface area contributed by atoms with Crippen LogP contribution in [0.15, 0.2) is 42.5 Å². The molecule has 1 saturated carbocycles. The molecule has 0 spiro atoms. The lowest BCUT2D eigenvalue weighted by atomic mass is 10.1. The van der Waals surface area contributed by atoms with Gasteiger partial charge in [0.15, 0.2) is 5.65 Å². The molecule has 4 aromatic rings. The fourth-order valence-electron chi connectivity index (χ4n) is 4.64. The van der Waals surface area contributed by atoms with Gasteiger partial charge in [-0.25, -0.2) is 9.38 Å². The summed E-state index contributed by atoms with van der Waals surface area (Å²) in [5, 5.41) is 21.3. The molecule has 1 aliphatic carbocycles. The molecule has 1 saturated heterocycles. The van der Waals surface area contributed by atoms with Gasteiger partial charge < -0.3 is 9.80 Å². The van der Waals surface area contributed by atoms with Gasteiger partial charge in [0.25, 0.3) is 11.6 Å². The zero-order chi connectivity index (χ0) is 23.4. The molecule has 0 bridgehead atoms. The first-order valence-electron chi connectivity index (χ1n) is 11.4. The molecule has 2 aromatic heterocycles. The standard InChI is InChI=1S/C24H23N7O3/c1-15-6-7-17(14-20(15)31(33)34)23(32)28-10-12-29(13-11-28)24-25-19-5-3-2-4-18(19)22-27-26-21(30(22)24)16-8-9-16/h2-7,14,16H,8-13H2,1H3. The third-order valence-electron chi connectivity index (χ3n) is 6.70. The average Bonchev–Trinajstić information content (AvgIpc) is 3.61. The number of amides is 1. The summed E-state index contributed by atoms with van der Waals surface area (Å²) in [6.45, 7) is 3.86. The Hall–Kier alpha value is -4.08. The molecule has 2 fully saturated rings. The van der Waals surface area contributed by atoms with Crippen LogP contribution in [0.4, 0.5) is 11.6 Å². The van der Waals surface area contributed by atoms with Crippen LogP contribution in [0.2, 0.25) is 0 Å². The van der Waals surface area contributed by atoms with Crippen molar-refractivity contribution in [3.63, 3.8) is 0 Å². The number of piperazine rings is 1. The zero-order valence-corrected chi connectivity index (χ0v) is 18.7. The van der Waals surface area contributed by atoms with Gasteiger partial charge in [-0.15, -0.1) is 10.2 Å². The van der Waals surface area contributed by atoms with Gasteiger partial charge in [-0.3, -0.25) is 14.9 Å². The molecule has 2 aliphatic rings. The Morgan fingerprint density at radius 2 is 1.82 bits per heavy atom. The Labute approximate surface area is 195 Å². The Bertz CT molecular complexity index is 1450. The quantitative estimate of drug-likeness (QED) is 0.341. The number of rotatable bonds is 4. The van der Waals surface area contributed by atoms with Gasteiger partial charge in [0, 0.05) is 54.7 Å². The van der Waals surface area contributed by atoms with E-state index < -0.39 is 4.92 Å². The van der Waals surface area contributed by atoms with Crippen molar-refractivity contribution in [1.29, 1.82) is 0 Å². The minimum Gasteiger partial charge on any atom is -0.338 e. The van der Waals surface area contributed by atoms with Gasteiger partial charge in [0.2, 0.25) is 5.95 Å². The Morgan fingerprint density at radius 1 is 1.06 bits per heavy atom. The minimum absolute atomic E-state index is 0.0348. The number of fused-ring (bicyclic) bond motifs is 3. The van der Waals surface area contributed by atoms with E-state index in [2.05, 4.69) is 19.5 Å². The number of nitrogens with zero attached hydrogens (tertiary/aromatic N) is 7. The highest BCUT2D eigenvalue weighted by Crippen LogP contribution is 2.40. The number of nitro groups is 1. The molecule has 34 heavy (non-hydrogen) atoms. The number of para-hydroxylation sites is 1. The minimum atomic E-state index is -0.447. The van der Waals surface area contributed by atoms with Crippen LogP contribution in [-0.4, -0.2) is 61.5 Å². The van der Waals surface area contributed by atoms with Crippen LogP contribution in [0, 0.1) is 17.0 Å². The summed E-state index contributed by atoms with van der Waals surface area (Å²) in [6, 6.07) is 12.6. The predicted octanol–water partition coefficient (Wildman–Crippen LogP) is 3.33. The summed E-state index contributed by atoms with van der Waals surface area (Å²) >= 11 is 0. The van der Waals surface area contributed by atoms with Crippen molar-refractivity contribution in [2.24, 2.45) is 0 Å². The van der Waals surface area contributed by atoms with Gasteiger partial charge in [0.1, 0.15) is 5.82 Å². The first-order chi connectivity index (χ1) is 16.5. The Morgan fingerprint density at radius 3 is 2.56 bits per heavy atom.